The Morgan fingerprint density at radius 2 is 1.67 bits per heavy atom. The molecule has 2 aromatic carbocycles. The normalized spacial score (nSPS) is 12.5. The van der Waals surface area contributed by atoms with Crippen LogP contribution in [0.1, 0.15) is 42.5 Å². The Morgan fingerprint density at radius 1 is 1.05 bits per heavy atom. The van der Waals surface area contributed by atoms with Gasteiger partial charge in [-0.3, -0.25) is 0 Å². The van der Waals surface area contributed by atoms with Crippen molar-refractivity contribution in [1.82, 2.24) is 0 Å². The zero-order valence-corrected chi connectivity index (χ0v) is 14.4. The van der Waals surface area contributed by atoms with Crippen molar-refractivity contribution in [2.45, 2.75) is 32.2 Å². The van der Waals surface area contributed by atoms with E-state index in [0.29, 0.717) is 5.92 Å². The molecule has 0 heterocycles. The molecule has 1 unspecified atom stereocenters. The van der Waals surface area contributed by atoms with Crippen LogP contribution in [0.25, 0.3) is 0 Å². The van der Waals surface area contributed by atoms with Gasteiger partial charge in [0.15, 0.2) is 0 Å². The van der Waals surface area contributed by atoms with Crippen LogP contribution in [0.5, 0.6) is 5.75 Å². The van der Waals surface area contributed by atoms with Crippen LogP contribution in [0.3, 0.4) is 0 Å². The number of hydrogen-bond donors (Lipinski definition) is 1. The van der Waals surface area contributed by atoms with E-state index in [2.05, 4.69) is 60.1 Å². The maximum atomic E-state index is 6.36. The standard InChI is InChI=1S/C18H22BrNO/c1-12(2)13-4-6-14(7-5-13)17(20)11-15-10-16(19)8-9-18(15)21-3/h4-10,12,17H,11,20H2,1-3H3. The van der Waals surface area contributed by atoms with Gasteiger partial charge in [0.2, 0.25) is 0 Å². The molecule has 2 rings (SSSR count). The van der Waals surface area contributed by atoms with Gasteiger partial charge in [-0.15, -0.1) is 0 Å². The molecule has 2 aromatic rings. The van der Waals surface area contributed by atoms with Crippen molar-refractivity contribution >= 4 is 15.9 Å². The highest BCUT2D eigenvalue weighted by molar-refractivity contribution is 9.10. The van der Waals surface area contributed by atoms with Crippen LogP contribution in [0.4, 0.5) is 0 Å². The summed E-state index contributed by atoms with van der Waals surface area (Å²) in [5.41, 5.74) is 9.97. The summed E-state index contributed by atoms with van der Waals surface area (Å²) in [6.07, 6.45) is 0.754. The molecule has 112 valence electrons. The van der Waals surface area contributed by atoms with Gasteiger partial charge in [0.1, 0.15) is 5.75 Å². The highest BCUT2D eigenvalue weighted by Crippen LogP contribution is 2.27. The SMILES string of the molecule is COc1ccc(Br)cc1CC(N)c1ccc(C(C)C)cc1. The second-order valence-electron chi connectivity index (χ2n) is 5.59. The smallest absolute Gasteiger partial charge is 0.122 e. The van der Waals surface area contributed by atoms with E-state index in [9.17, 15) is 0 Å². The second-order valence-corrected chi connectivity index (χ2v) is 6.50. The van der Waals surface area contributed by atoms with E-state index in [1.165, 1.54) is 5.56 Å². The average Bonchev–Trinajstić information content (AvgIpc) is 2.47. The van der Waals surface area contributed by atoms with Gasteiger partial charge in [0.25, 0.3) is 0 Å². The Kier molecular flexibility index (Phi) is 5.43. The van der Waals surface area contributed by atoms with Crippen LogP contribution in [-0.2, 0) is 6.42 Å². The first-order valence-corrected chi connectivity index (χ1v) is 7.98. The van der Waals surface area contributed by atoms with Gasteiger partial charge in [0.05, 0.1) is 7.11 Å². The highest BCUT2D eigenvalue weighted by atomic mass is 79.9. The lowest BCUT2D eigenvalue weighted by molar-refractivity contribution is 0.408. The first kappa shape index (κ1) is 16.1. The van der Waals surface area contributed by atoms with Gasteiger partial charge in [-0.2, -0.15) is 0 Å². The molecule has 0 saturated heterocycles. The van der Waals surface area contributed by atoms with Gasteiger partial charge in [-0.05, 0) is 47.2 Å². The number of halogens is 1. The van der Waals surface area contributed by atoms with Gasteiger partial charge < -0.3 is 10.5 Å². The molecule has 1 atom stereocenters. The molecule has 0 amide bonds. The summed E-state index contributed by atoms with van der Waals surface area (Å²) >= 11 is 3.50. The maximum Gasteiger partial charge on any atom is 0.122 e. The summed E-state index contributed by atoms with van der Waals surface area (Å²) in [5.74, 6) is 1.42. The minimum atomic E-state index is -0.0330. The lowest BCUT2D eigenvalue weighted by Crippen LogP contribution is -2.14. The summed E-state index contributed by atoms with van der Waals surface area (Å²) in [4.78, 5) is 0. The van der Waals surface area contributed by atoms with Gasteiger partial charge in [-0.25, -0.2) is 0 Å². The fourth-order valence-electron chi connectivity index (χ4n) is 2.39. The third-order valence-electron chi connectivity index (χ3n) is 3.71. The molecule has 0 aromatic heterocycles. The molecule has 0 bridgehead atoms. The zero-order valence-electron chi connectivity index (χ0n) is 12.8. The molecule has 0 saturated carbocycles. The Bertz CT molecular complexity index is 593. The Hall–Kier alpha value is -1.32. The molecule has 21 heavy (non-hydrogen) atoms. The second kappa shape index (κ2) is 7.10. The Labute approximate surface area is 135 Å². The molecule has 0 aliphatic carbocycles. The predicted octanol–water partition coefficient (Wildman–Crippen LogP) is 4.82. The quantitative estimate of drug-likeness (QED) is 0.840. The number of hydrogen-bond acceptors (Lipinski definition) is 2. The van der Waals surface area contributed by atoms with E-state index in [-0.39, 0.29) is 6.04 Å². The summed E-state index contributed by atoms with van der Waals surface area (Å²) < 4.78 is 6.45. The molecule has 2 nitrogen and oxygen atoms in total. The first-order valence-electron chi connectivity index (χ1n) is 7.19. The average molecular weight is 348 g/mol. The molecule has 3 heteroatoms. The van der Waals surface area contributed by atoms with Crippen molar-refractivity contribution in [2.24, 2.45) is 5.73 Å². The van der Waals surface area contributed by atoms with Crippen molar-refractivity contribution in [3.05, 3.63) is 63.6 Å². The molecular formula is C18H22BrNO. The molecule has 0 aliphatic heterocycles. The van der Waals surface area contributed by atoms with Gasteiger partial charge >= 0.3 is 0 Å². The van der Waals surface area contributed by atoms with E-state index >= 15 is 0 Å². The Balaban J connectivity index is 2.17. The van der Waals surface area contributed by atoms with E-state index < -0.39 is 0 Å². The zero-order chi connectivity index (χ0) is 15.4. The van der Waals surface area contributed by atoms with Crippen LogP contribution in [0.15, 0.2) is 46.9 Å². The summed E-state index contributed by atoms with van der Waals surface area (Å²) in [6.45, 7) is 4.39. The van der Waals surface area contributed by atoms with E-state index in [1.54, 1.807) is 7.11 Å². The van der Waals surface area contributed by atoms with E-state index in [0.717, 1.165) is 27.8 Å². The fourth-order valence-corrected chi connectivity index (χ4v) is 2.80. The summed E-state index contributed by atoms with van der Waals surface area (Å²) in [7, 11) is 1.69. The molecule has 0 aliphatic rings. The van der Waals surface area contributed by atoms with Crippen LogP contribution in [-0.4, -0.2) is 7.11 Å². The number of methoxy groups -OCH3 is 1. The van der Waals surface area contributed by atoms with Crippen molar-refractivity contribution in [2.75, 3.05) is 7.11 Å². The lowest BCUT2D eigenvalue weighted by atomic mass is 9.96. The van der Waals surface area contributed by atoms with Crippen LogP contribution in [0.2, 0.25) is 0 Å². The van der Waals surface area contributed by atoms with Gasteiger partial charge in [-0.1, -0.05) is 54.0 Å². The monoisotopic (exact) mass is 347 g/mol. The van der Waals surface area contributed by atoms with E-state index in [1.807, 2.05) is 12.1 Å². The molecule has 0 radical (unpaired) electrons. The number of rotatable bonds is 5. The van der Waals surface area contributed by atoms with Crippen LogP contribution in [0, 0.1) is 0 Å². The third-order valence-corrected chi connectivity index (χ3v) is 4.21. The van der Waals surface area contributed by atoms with Crippen LogP contribution < -0.4 is 10.5 Å². The topological polar surface area (TPSA) is 35.2 Å². The predicted molar refractivity (Wildman–Crippen MR) is 91.9 cm³/mol. The molecule has 0 fully saturated rings. The number of ether oxygens (including phenoxy) is 1. The molecule has 0 spiro atoms. The Morgan fingerprint density at radius 3 is 2.24 bits per heavy atom. The number of nitrogens with two attached hydrogens (primary N) is 1. The number of benzene rings is 2. The third kappa shape index (κ3) is 4.08. The van der Waals surface area contributed by atoms with Crippen molar-refractivity contribution < 1.29 is 4.74 Å². The summed E-state index contributed by atoms with van der Waals surface area (Å²) in [5, 5.41) is 0. The van der Waals surface area contributed by atoms with Crippen molar-refractivity contribution in [3.8, 4) is 5.75 Å². The van der Waals surface area contributed by atoms with E-state index in [4.69, 9.17) is 10.5 Å². The lowest BCUT2D eigenvalue weighted by Gasteiger charge is -2.16. The van der Waals surface area contributed by atoms with Crippen LogP contribution >= 0.6 is 15.9 Å². The minimum absolute atomic E-state index is 0.0330. The largest absolute Gasteiger partial charge is 0.496 e. The molecular weight excluding hydrogens is 326 g/mol. The van der Waals surface area contributed by atoms with Crippen molar-refractivity contribution in [3.63, 3.8) is 0 Å². The minimum Gasteiger partial charge on any atom is -0.496 e. The van der Waals surface area contributed by atoms with Crippen molar-refractivity contribution in [1.29, 1.82) is 0 Å². The molecule has 2 N–H and O–H groups in total. The summed E-state index contributed by atoms with van der Waals surface area (Å²) in [6, 6.07) is 14.6. The highest BCUT2D eigenvalue weighted by Gasteiger charge is 2.12. The fraction of sp³-hybridized carbons (Fsp3) is 0.333. The first-order chi connectivity index (χ1) is 10.0. The van der Waals surface area contributed by atoms with Gasteiger partial charge in [0, 0.05) is 10.5 Å². The maximum absolute atomic E-state index is 6.36.